The Hall–Kier alpha value is 0.177. The Balaban J connectivity index is 3.61. The van der Waals surface area contributed by atoms with E-state index in [-0.39, 0.29) is 0 Å². The summed E-state index contributed by atoms with van der Waals surface area (Å²) in [6.07, 6.45) is 1.63. The van der Waals surface area contributed by atoms with Crippen LogP contribution >= 0.6 is 0 Å². The summed E-state index contributed by atoms with van der Waals surface area (Å²) in [5.74, 6) is 0.751. The van der Waals surface area contributed by atoms with Gasteiger partial charge in [0.15, 0.2) is 8.32 Å². The molecule has 0 aliphatic carbocycles. The van der Waals surface area contributed by atoms with Gasteiger partial charge in [-0.2, -0.15) is 0 Å². The Labute approximate surface area is 72.3 Å². The van der Waals surface area contributed by atoms with Crippen molar-refractivity contribution in [1.29, 1.82) is 0 Å². The molecule has 0 aromatic heterocycles. The Morgan fingerprint density at radius 3 is 1.82 bits per heavy atom. The molecule has 0 aliphatic rings. The molecule has 1 atom stereocenters. The van der Waals surface area contributed by atoms with Crippen molar-refractivity contribution in [2.24, 2.45) is 5.92 Å². The van der Waals surface area contributed by atoms with E-state index in [2.05, 4.69) is 40.4 Å². The second-order valence-electron chi connectivity index (χ2n) is 4.67. The summed E-state index contributed by atoms with van der Waals surface area (Å²) in [6.45, 7) is 13.4. The zero-order valence-corrected chi connectivity index (χ0v) is 9.77. The first-order valence-electron chi connectivity index (χ1n) is 4.49. The average Bonchev–Trinajstić information content (AvgIpc) is 1.53. The van der Waals surface area contributed by atoms with E-state index in [0.717, 1.165) is 5.92 Å². The highest BCUT2D eigenvalue weighted by Gasteiger charge is 2.18. The molecule has 1 unspecified atom stereocenters. The van der Waals surface area contributed by atoms with E-state index in [0.29, 0.717) is 6.10 Å². The standard InChI is InChI=1S/C9H22OSi/c1-8(2)7-9(3)10-11(4,5)6/h8-9H,7H2,1-6H3. The maximum absolute atomic E-state index is 5.89. The maximum atomic E-state index is 5.89. The Bertz CT molecular complexity index is 105. The molecule has 0 aromatic rings. The third-order valence-corrected chi connectivity index (χ3v) is 2.47. The second-order valence-corrected chi connectivity index (χ2v) is 9.13. The van der Waals surface area contributed by atoms with E-state index in [1.165, 1.54) is 6.42 Å². The van der Waals surface area contributed by atoms with E-state index in [1.807, 2.05) is 0 Å². The first kappa shape index (κ1) is 11.2. The van der Waals surface area contributed by atoms with Crippen LogP contribution in [-0.2, 0) is 4.43 Å². The van der Waals surface area contributed by atoms with Crippen molar-refractivity contribution in [2.75, 3.05) is 0 Å². The van der Waals surface area contributed by atoms with Crippen LogP contribution in [-0.4, -0.2) is 14.4 Å². The van der Waals surface area contributed by atoms with E-state index in [1.54, 1.807) is 0 Å². The van der Waals surface area contributed by atoms with Gasteiger partial charge in [-0.1, -0.05) is 13.8 Å². The zero-order chi connectivity index (χ0) is 9.07. The van der Waals surface area contributed by atoms with Gasteiger partial charge < -0.3 is 4.43 Å². The van der Waals surface area contributed by atoms with Gasteiger partial charge in [-0.3, -0.25) is 0 Å². The molecule has 0 N–H and O–H groups in total. The van der Waals surface area contributed by atoms with Crippen LogP contribution in [0.25, 0.3) is 0 Å². The van der Waals surface area contributed by atoms with E-state index < -0.39 is 8.32 Å². The molecular weight excluding hydrogens is 152 g/mol. The van der Waals surface area contributed by atoms with Gasteiger partial charge in [0, 0.05) is 6.10 Å². The van der Waals surface area contributed by atoms with Gasteiger partial charge in [0.25, 0.3) is 0 Å². The smallest absolute Gasteiger partial charge is 0.184 e. The monoisotopic (exact) mass is 174 g/mol. The fourth-order valence-electron chi connectivity index (χ4n) is 1.32. The van der Waals surface area contributed by atoms with Gasteiger partial charge in [-0.05, 0) is 38.9 Å². The molecule has 0 rings (SSSR count). The zero-order valence-electron chi connectivity index (χ0n) is 8.77. The molecule has 68 valence electrons. The number of rotatable bonds is 4. The predicted octanol–water partition coefficient (Wildman–Crippen LogP) is 3.27. The lowest BCUT2D eigenvalue weighted by atomic mass is 10.1. The summed E-state index contributed by atoms with van der Waals surface area (Å²) < 4.78 is 5.89. The van der Waals surface area contributed by atoms with Gasteiger partial charge in [0.2, 0.25) is 0 Å². The van der Waals surface area contributed by atoms with Gasteiger partial charge in [-0.25, -0.2) is 0 Å². The molecular formula is C9H22OSi. The second kappa shape index (κ2) is 4.26. The molecule has 0 fully saturated rings. The lowest BCUT2D eigenvalue weighted by Crippen LogP contribution is -2.31. The minimum absolute atomic E-state index is 0.446. The van der Waals surface area contributed by atoms with E-state index >= 15 is 0 Å². The van der Waals surface area contributed by atoms with Gasteiger partial charge >= 0.3 is 0 Å². The summed E-state index contributed by atoms with van der Waals surface area (Å²) in [4.78, 5) is 0. The van der Waals surface area contributed by atoms with E-state index in [4.69, 9.17) is 4.43 Å². The van der Waals surface area contributed by atoms with E-state index in [9.17, 15) is 0 Å². The fraction of sp³-hybridized carbons (Fsp3) is 1.00. The molecule has 0 saturated carbocycles. The largest absolute Gasteiger partial charge is 0.415 e. The molecule has 1 nitrogen and oxygen atoms in total. The molecule has 0 aliphatic heterocycles. The summed E-state index contributed by atoms with van der Waals surface area (Å²) >= 11 is 0. The fourth-order valence-corrected chi connectivity index (χ4v) is 2.62. The molecule has 0 heterocycles. The Morgan fingerprint density at radius 1 is 1.09 bits per heavy atom. The SMILES string of the molecule is CC(C)CC(C)O[Si](C)(C)C. The molecule has 0 spiro atoms. The summed E-state index contributed by atoms with van der Waals surface area (Å²) in [5.41, 5.74) is 0. The van der Waals surface area contributed by atoms with Crippen molar-refractivity contribution in [3.63, 3.8) is 0 Å². The van der Waals surface area contributed by atoms with Crippen LogP contribution in [0.5, 0.6) is 0 Å². The van der Waals surface area contributed by atoms with Crippen LogP contribution < -0.4 is 0 Å². The first-order valence-corrected chi connectivity index (χ1v) is 7.90. The van der Waals surface area contributed by atoms with Crippen LogP contribution in [0.4, 0.5) is 0 Å². The minimum atomic E-state index is -1.29. The van der Waals surface area contributed by atoms with Crippen LogP contribution in [0, 0.1) is 5.92 Å². The van der Waals surface area contributed by atoms with Gasteiger partial charge in [-0.15, -0.1) is 0 Å². The third kappa shape index (κ3) is 8.08. The molecule has 2 heteroatoms. The Morgan fingerprint density at radius 2 is 1.55 bits per heavy atom. The van der Waals surface area contributed by atoms with Crippen LogP contribution in [0.15, 0.2) is 0 Å². The number of hydrogen-bond donors (Lipinski definition) is 0. The molecule has 11 heavy (non-hydrogen) atoms. The molecule has 0 saturated heterocycles. The normalized spacial score (nSPS) is 15.5. The molecule has 0 amide bonds. The van der Waals surface area contributed by atoms with Crippen molar-refractivity contribution in [1.82, 2.24) is 0 Å². The van der Waals surface area contributed by atoms with Crippen molar-refractivity contribution < 1.29 is 4.43 Å². The summed E-state index contributed by atoms with van der Waals surface area (Å²) in [5, 5.41) is 0. The van der Waals surface area contributed by atoms with Crippen LogP contribution in [0.2, 0.25) is 19.6 Å². The lowest BCUT2D eigenvalue weighted by Gasteiger charge is -2.24. The maximum Gasteiger partial charge on any atom is 0.184 e. The molecule has 0 bridgehead atoms. The quantitative estimate of drug-likeness (QED) is 0.594. The average molecular weight is 174 g/mol. The topological polar surface area (TPSA) is 9.23 Å². The summed E-state index contributed by atoms with van der Waals surface area (Å²) in [6, 6.07) is 0. The highest BCUT2D eigenvalue weighted by molar-refractivity contribution is 6.69. The third-order valence-electron chi connectivity index (χ3n) is 1.36. The van der Waals surface area contributed by atoms with Crippen LogP contribution in [0.1, 0.15) is 27.2 Å². The van der Waals surface area contributed by atoms with Crippen molar-refractivity contribution in [3.05, 3.63) is 0 Å². The predicted molar refractivity (Wildman–Crippen MR) is 53.3 cm³/mol. The highest BCUT2D eigenvalue weighted by atomic mass is 28.4. The Kier molecular flexibility index (Phi) is 4.33. The first-order chi connectivity index (χ1) is 4.81. The van der Waals surface area contributed by atoms with Crippen molar-refractivity contribution in [2.45, 2.75) is 52.9 Å². The van der Waals surface area contributed by atoms with Gasteiger partial charge in [0.05, 0.1) is 0 Å². The van der Waals surface area contributed by atoms with Crippen molar-refractivity contribution in [3.8, 4) is 0 Å². The lowest BCUT2D eigenvalue weighted by molar-refractivity contribution is 0.186. The van der Waals surface area contributed by atoms with Crippen molar-refractivity contribution >= 4 is 8.32 Å². The minimum Gasteiger partial charge on any atom is -0.415 e. The summed E-state index contributed by atoms with van der Waals surface area (Å²) in [7, 11) is -1.29. The van der Waals surface area contributed by atoms with Gasteiger partial charge in [0.1, 0.15) is 0 Å². The number of hydrogen-bond acceptors (Lipinski definition) is 1. The molecule has 0 aromatic carbocycles. The molecule has 0 radical (unpaired) electrons. The van der Waals surface area contributed by atoms with Crippen LogP contribution in [0.3, 0.4) is 0 Å². The highest BCUT2D eigenvalue weighted by Crippen LogP contribution is 2.13.